The Morgan fingerprint density at radius 1 is 1.35 bits per heavy atom. The van der Waals surface area contributed by atoms with Crippen LogP contribution in [0.1, 0.15) is 24.0 Å². The number of imidazole rings is 1. The van der Waals surface area contributed by atoms with E-state index in [9.17, 15) is 0 Å². The van der Waals surface area contributed by atoms with E-state index >= 15 is 0 Å². The molecule has 0 saturated carbocycles. The number of nitrogens with one attached hydrogen (secondary N) is 1. The van der Waals surface area contributed by atoms with Gasteiger partial charge >= 0.3 is 0 Å². The molecule has 0 aromatic carbocycles. The zero-order valence-corrected chi connectivity index (χ0v) is 10.6. The highest BCUT2D eigenvalue weighted by atomic mass is 15.1. The van der Waals surface area contributed by atoms with E-state index in [-0.39, 0.29) is 0 Å². The first-order valence-electron chi connectivity index (χ1n) is 5.89. The molecule has 17 heavy (non-hydrogen) atoms. The molecule has 0 aliphatic heterocycles. The number of hydrogen-bond acceptors (Lipinski definition) is 3. The van der Waals surface area contributed by atoms with Gasteiger partial charge in [0.15, 0.2) is 0 Å². The molecule has 1 N–H and O–H groups in total. The van der Waals surface area contributed by atoms with Crippen LogP contribution in [0.25, 0.3) is 5.82 Å². The summed E-state index contributed by atoms with van der Waals surface area (Å²) in [6, 6.07) is 4.20. The van der Waals surface area contributed by atoms with E-state index < -0.39 is 0 Å². The summed E-state index contributed by atoms with van der Waals surface area (Å²) in [5, 5.41) is 3.16. The lowest BCUT2D eigenvalue weighted by Gasteiger charge is -2.09. The van der Waals surface area contributed by atoms with Gasteiger partial charge in [-0.3, -0.25) is 4.57 Å². The summed E-state index contributed by atoms with van der Waals surface area (Å²) in [5.74, 6) is 1.99. The summed E-state index contributed by atoms with van der Waals surface area (Å²) < 4.78 is 2.05. The van der Waals surface area contributed by atoms with Crippen molar-refractivity contribution in [3.8, 4) is 5.82 Å². The van der Waals surface area contributed by atoms with Gasteiger partial charge < -0.3 is 5.32 Å². The average Bonchev–Trinajstić information content (AvgIpc) is 2.76. The lowest BCUT2D eigenvalue weighted by Crippen LogP contribution is -2.08. The smallest absolute Gasteiger partial charge is 0.138 e. The van der Waals surface area contributed by atoms with Crippen LogP contribution in [0.5, 0.6) is 0 Å². The van der Waals surface area contributed by atoms with Gasteiger partial charge in [0.05, 0.1) is 0 Å². The van der Waals surface area contributed by atoms with E-state index in [0.717, 1.165) is 30.3 Å². The molecule has 0 spiro atoms. The number of rotatable bonds is 4. The maximum Gasteiger partial charge on any atom is 0.138 e. The van der Waals surface area contributed by atoms with Crippen LogP contribution in [0.3, 0.4) is 0 Å². The molecule has 0 aliphatic rings. The molecule has 2 aromatic heterocycles. The van der Waals surface area contributed by atoms with Crippen molar-refractivity contribution in [3.63, 3.8) is 0 Å². The molecule has 90 valence electrons. The molecule has 0 saturated heterocycles. The number of hydrogen-bond donors (Lipinski definition) is 1. The third kappa shape index (κ3) is 2.53. The molecule has 0 fully saturated rings. The molecule has 2 heterocycles. The molecule has 0 unspecified atom stereocenters. The first-order chi connectivity index (χ1) is 8.24. The van der Waals surface area contributed by atoms with E-state index in [1.807, 2.05) is 30.9 Å². The Balaban J connectivity index is 2.44. The molecule has 4 nitrogen and oxygen atoms in total. The quantitative estimate of drug-likeness (QED) is 0.871. The Labute approximate surface area is 102 Å². The van der Waals surface area contributed by atoms with Gasteiger partial charge in [-0.1, -0.05) is 6.92 Å². The molecule has 4 heteroatoms. The summed E-state index contributed by atoms with van der Waals surface area (Å²) >= 11 is 0. The largest absolute Gasteiger partial charge is 0.316 e. The number of pyridine rings is 1. The normalized spacial score (nSPS) is 10.8. The number of aromatic nitrogens is 3. The van der Waals surface area contributed by atoms with Crippen molar-refractivity contribution in [1.29, 1.82) is 0 Å². The Morgan fingerprint density at radius 3 is 2.88 bits per heavy atom. The van der Waals surface area contributed by atoms with Crippen LogP contribution < -0.4 is 5.32 Å². The van der Waals surface area contributed by atoms with E-state index in [2.05, 4.69) is 34.3 Å². The van der Waals surface area contributed by atoms with Crippen molar-refractivity contribution >= 4 is 0 Å². The lowest BCUT2D eigenvalue weighted by molar-refractivity contribution is 0.804. The van der Waals surface area contributed by atoms with Crippen molar-refractivity contribution in [2.24, 2.45) is 0 Å². The van der Waals surface area contributed by atoms with Crippen molar-refractivity contribution in [3.05, 3.63) is 41.6 Å². The fraction of sp³-hybridized carbons (Fsp3) is 0.385. The molecule has 2 rings (SSSR count). The van der Waals surface area contributed by atoms with Gasteiger partial charge in [0, 0.05) is 31.1 Å². The second kappa shape index (κ2) is 5.10. The molecule has 2 aromatic rings. The van der Waals surface area contributed by atoms with Gasteiger partial charge in [-0.05, 0) is 31.7 Å². The second-order valence-corrected chi connectivity index (χ2v) is 4.07. The van der Waals surface area contributed by atoms with Gasteiger partial charge in [0.1, 0.15) is 11.6 Å². The highest BCUT2D eigenvalue weighted by Crippen LogP contribution is 2.12. The van der Waals surface area contributed by atoms with E-state index in [1.165, 1.54) is 5.56 Å². The third-order valence-electron chi connectivity index (χ3n) is 2.66. The van der Waals surface area contributed by atoms with Gasteiger partial charge in [-0.15, -0.1) is 0 Å². The van der Waals surface area contributed by atoms with E-state index in [1.54, 1.807) is 0 Å². The fourth-order valence-electron chi connectivity index (χ4n) is 1.96. The maximum absolute atomic E-state index is 4.56. The van der Waals surface area contributed by atoms with Crippen molar-refractivity contribution < 1.29 is 0 Å². The summed E-state index contributed by atoms with van der Waals surface area (Å²) in [4.78, 5) is 8.89. The summed E-state index contributed by atoms with van der Waals surface area (Å²) in [5.41, 5.74) is 2.27. The predicted molar refractivity (Wildman–Crippen MR) is 68.2 cm³/mol. The average molecular weight is 230 g/mol. The van der Waals surface area contributed by atoms with Crippen LogP contribution >= 0.6 is 0 Å². The lowest BCUT2D eigenvalue weighted by atomic mass is 10.2. The predicted octanol–water partition coefficient (Wildman–Crippen LogP) is 1.86. The Bertz CT molecular complexity index is 502. The van der Waals surface area contributed by atoms with Crippen LogP contribution in [0.15, 0.2) is 24.5 Å². The van der Waals surface area contributed by atoms with Crippen molar-refractivity contribution in [2.45, 2.75) is 26.8 Å². The van der Waals surface area contributed by atoms with E-state index in [0.29, 0.717) is 0 Å². The first kappa shape index (κ1) is 11.8. The van der Waals surface area contributed by atoms with Crippen LogP contribution in [0.2, 0.25) is 0 Å². The highest BCUT2D eigenvalue weighted by Gasteiger charge is 2.06. The molecule has 0 atom stereocenters. The number of aryl methyl sites for hydroxylation is 2. The zero-order valence-electron chi connectivity index (χ0n) is 10.6. The van der Waals surface area contributed by atoms with Crippen LogP contribution in [0.4, 0.5) is 0 Å². The minimum atomic E-state index is 0.854. The Morgan fingerprint density at radius 2 is 2.18 bits per heavy atom. The monoisotopic (exact) mass is 230 g/mol. The molecule has 0 aliphatic carbocycles. The van der Waals surface area contributed by atoms with Crippen LogP contribution in [-0.2, 0) is 13.0 Å². The van der Waals surface area contributed by atoms with E-state index in [4.69, 9.17) is 0 Å². The summed E-state index contributed by atoms with van der Waals surface area (Å²) in [6.45, 7) is 4.97. The standard InChI is InChI=1S/C13H18N4/c1-4-12-15-5-6-17(12)13-8-11(9-14-3)7-10(2)16-13/h5-8,14H,4,9H2,1-3H3. The SMILES string of the molecule is CCc1nccn1-c1cc(CNC)cc(C)n1. The number of nitrogens with zero attached hydrogens (tertiary/aromatic N) is 3. The van der Waals surface area contributed by atoms with Crippen LogP contribution in [-0.4, -0.2) is 21.6 Å². The highest BCUT2D eigenvalue weighted by molar-refractivity contribution is 5.32. The topological polar surface area (TPSA) is 42.7 Å². The van der Waals surface area contributed by atoms with Crippen LogP contribution in [0, 0.1) is 6.92 Å². The molecule has 0 radical (unpaired) electrons. The van der Waals surface area contributed by atoms with Gasteiger partial charge in [-0.2, -0.15) is 0 Å². The molecular formula is C13H18N4. The zero-order chi connectivity index (χ0) is 12.3. The van der Waals surface area contributed by atoms with Crippen molar-refractivity contribution in [1.82, 2.24) is 19.9 Å². The minimum absolute atomic E-state index is 0.854. The molecule has 0 amide bonds. The summed E-state index contributed by atoms with van der Waals surface area (Å²) in [6.07, 6.45) is 4.69. The molecule has 0 bridgehead atoms. The third-order valence-corrected chi connectivity index (χ3v) is 2.66. The Hall–Kier alpha value is -1.68. The maximum atomic E-state index is 4.56. The Kier molecular flexibility index (Phi) is 3.54. The fourth-order valence-corrected chi connectivity index (χ4v) is 1.96. The van der Waals surface area contributed by atoms with Gasteiger partial charge in [0.2, 0.25) is 0 Å². The summed E-state index contributed by atoms with van der Waals surface area (Å²) in [7, 11) is 1.95. The van der Waals surface area contributed by atoms with Crippen molar-refractivity contribution in [2.75, 3.05) is 7.05 Å². The van der Waals surface area contributed by atoms with Gasteiger partial charge in [-0.25, -0.2) is 9.97 Å². The molecular weight excluding hydrogens is 212 g/mol. The first-order valence-corrected chi connectivity index (χ1v) is 5.89. The van der Waals surface area contributed by atoms with Gasteiger partial charge in [0.25, 0.3) is 0 Å². The second-order valence-electron chi connectivity index (χ2n) is 4.07. The minimum Gasteiger partial charge on any atom is -0.316 e.